The van der Waals surface area contributed by atoms with E-state index in [0.29, 0.717) is 6.42 Å². The van der Waals surface area contributed by atoms with Gasteiger partial charge < -0.3 is 18.6 Å². The normalized spacial score (nSPS) is 30.2. The standard InChI is InChI=1S/C36H46O5Si/c1-24(37)39-32-28-21-15-14-16-25(28)22-29(38-7)31-35(5,6)33-30(23-36(31,32)40-33)41-42(34(2,3)4,26-17-10-8-11-18-26)27-19-12-9-13-20-27/h8-13,17-20,22,30-33H,14-16,21,23H2,1-7H3/t30-,31-,32-,33-,36+/m0/s1. The zero-order valence-electron chi connectivity index (χ0n) is 26.2. The van der Waals surface area contributed by atoms with Gasteiger partial charge in [-0.15, -0.1) is 0 Å². The fraction of sp³-hybridized carbons (Fsp3) is 0.528. The van der Waals surface area contributed by atoms with Crippen LogP contribution >= 0.6 is 0 Å². The average Bonchev–Trinajstić information content (AvgIpc) is 3.41. The molecule has 2 heterocycles. The molecule has 42 heavy (non-hydrogen) atoms. The zero-order valence-corrected chi connectivity index (χ0v) is 27.2. The number of rotatable bonds is 6. The van der Waals surface area contributed by atoms with Crippen molar-refractivity contribution in [3.05, 3.63) is 83.6 Å². The number of methoxy groups -OCH3 is 1. The Morgan fingerprint density at radius 1 is 0.952 bits per heavy atom. The molecule has 2 aliphatic carbocycles. The molecule has 6 heteroatoms. The summed E-state index contributed by atoms with van der Waals surface area (Å²) >= 11 is 0. The van der Waals surface area contributed by atoms with Crippen molar-refractivity contribution in [1.82, 2.24) is 0 Å². The molecule has 5 nitrogen and oxygen atoms in total. The topological polar surface area (TPSA) is 54.0 Å². The summed E-state index contributed by atoms with van der Waals surface area (Å²) in [5, 5.41) is 2.35. The summed E-state index contributed by atoms with van der Waals surface area (Å²) in [7, 11) is -1.08. The summed E-state index contributed by atoms with van der Waals surface area (Å²) in [4.78, 5) is 12.7. The van der Waals surface area contributed by atoms with Crippen LogP contribution in [0.1, 0.15) is 73.6 Å². The van der Waals surface area contributed by atoms with Gasteiger partial charge in [0.05, 0.1) is 25.2 Å². The molecule has 2 fully saturated rings. The summed E-state index contributed by atoms with van der Waals surface area (Å²) in [6.45, 7) is 13.0. The van der Waals surface area contributed by atoms with E-state index in [9.17, 15) is 4.79 Å². The van der Waals surface area contributed by atoms with Crippen molar-refractivity contribution in [3.63, 3.8) is 0 Å². The molecule has 0 N–H and O–H groups in total. The SMILES string of the molecule is COC1=CC2=C(CCCC2)[C@H](OC(C)=O)[C@]23C[C@H](O[Si](c4ccccc4)(c4ccccc4)C(C)(C)C)[C@H](O2)C(C)(C)[C@H]13. The van der Waals surface area contributed by atoms with E-state index >= 15 is 0 Å². The largest absolute Gasteiger partial charge is 0.501 e. The second-order valence-electron chi connectivity index (χ2n) is 14.3. The molecule has 5 atom stereocenters. The molecular weight excluding hydrogens is 540 g/mol. The van der Waals surface area contributed by atoms with Gasteiger partial charge in [0.2, 0.25) is 0 Å². The van der Waals surface area contributed by atoms with Gasteiger partial charge in [-0.2, -0.15) is 0 Å². The van der Waals surface area contributed by atoms with Gasteiger partial charge in [0.1, 0.15) is 11.4 Å². The molecule has 6 rings (SSSR count). The van der Waals surface area contributed by atoms with Crippen LogP contribution in [0, 0.1) is 11.3 Å². The van der Waals surface area contributed by atoms with Gasteiger partial charge >= 0.3 is 5.97 Å². The number of carbonyl (C=O) groups excluding carboxylic acids is 1. The second-order valence-corrected chi connectivity index (χ2v) is 18.5. The van der Waals surface area contributed by atoms with Crippen LogP contribution in [0.15, 0.2) is 83.6 Å². The molecule has 224 valence electrons. The minimum atomic E-state index is -2.85. The van der Waals surface area contributed by atoms with Gasteiger partial charge in [0.15, 0.2) is 6.10 Å². The van der Waals surface area contributed by atoms with Crippen LogP contribution < -0.4 is 10.4 Å². The lowest BCUT2D eigenvalue weighted by Crippen LogP contribution is -2.69. The van der Waals surface area contributed by atoms with E-state index < -0.39 is 20.0 Å². The summed E-state index contributed by atoms with van der Waals surface area (Å²) in [6, 6.07) is 21.6. The number of carbonyl (C=O) groups is 1. The van der Waals surface area contributed by atoms with Gasteiger partial charge in [0, 0.05) is 18.8 Å². The number of esters is 1. The fourth-order valence-corrected chi connectivity index (χ4v) is 13.5. The maximum Gasteiger partial charge on any atom is 0.303 e. The zero-order chi connectivity index (χ0) is 29.9. The van der Waals surface area contributed by atoms with Crippen molar-refractivity contribution < 1.29 is 23.4 Å². The maximum atomic E-state index is 12.7. The smallest absolute Gasteiger partial charge is 0.303 e. The van der Waals surface area contributed by atoms with Crippen molar-refractivity contribution in [3.8, 4) is 0 Å². The van der Waals surface area contributed by atoms with Crippen LogP contribution in [0.3, 0.4) is 0 Å². The Kier molecular flexibility index (Phi) is 7.35. The summed E-state index contributed by atoms with van der Waals surface area (Å²) in [6.07, 6.45) is 6.15. The second kappa shape index (κ2) is 10.5. The molecule has 2 bridgehead atoms. The van der Waals surface area contributed by atoms with Gasteiger partial charge in [0.25, 0.3) is 8.32 Å². The molecule has 0 unspecified atom stereocenters. The van der Waals surface area contributed by atoms with Gasteiger partial charge in [-0.3, -0.25) is 4.79 Å². The average molecular weight is 587 g/mol. The Hall–Kier alpha value is -2.67. The van der Waals surface area contributed by atoms with Gasteiger partial charge in [-0.05, 0) is 58.3 Å². The Bertz CT molecular complexity index is 1350. The van der Waals surface area contributed by atoms with Crippen molar-refractivity contribution >= 4 is 24.7 Å². The minimum Gasteiger partial charge on any atom is -0.501 e. The Labute approximate surface area is 252 Å². The van der Waals surface area contributed by atoms with Crippen LogP contribution in [-0.2, 0) is 23.4 Å². The van der Waals surface area contributed by atoms with E-state index in [2.05, 4.69) is 101 Å². The molecule has 2 saturated heterocycles. The van der Waals surface area contributed by atoms with E-state index in [1.54, 1.807) is 7.11 Å². The van der Waals surface area contributed by atoms with Crippen molar-refractivity contribution in [2.75, 3.05) is 7.11 Å². The van der Waals surface area contributed by atoms with Crippen LogP contribution in [-0.4, -0.2) is 45.3 Å². The summed E-state index contributed by atoms with van der Waals surface area (Å²) in [5.41, 5.74) is 1.38. The lowest BCUT2D eigenvalue weighted by Gasteiger charge is -2.50. The first kappa shape index (κ1) is 29.4. The van der Waals surface area contributed by atoms with Gasteiger partial charge in [-0.1, -0.05) is 95.3 Å². The molecule has 0 radical (unpaired) electrons. The molecule has 0 aromatic heterocycles. The van der Waals surface area contributed by atoms with Crippen LogP contribution in [0.2, 0.25) is 5.04 Å². The first-order chi connectivity index (χ1) is 20.0. The number of benzene rings is 2. The van der Waals surface area contributed by atoms with Crippen LogP contribution in [0.5, 0.6) is 0 Å². The first-order valence-electron chi connectivity index (χ1n) is 15.6. The van der Waals surface area contributed by atoms with Crippen molar-refractivity contribution in [1.29, 1.82) is 0 Å². The number of allylic oxidation sites excluding steroid dienone is 2. The third-order valence-electron chi connectivity index (χ3n) is 10.4. The number of ether oxygens (including phenoxy) is 3. The Morgan fingerprint density at radius 3 is 2.10 bits per heavy atom. The Morgan fingerprint density at radius 2 is 1.55 bits per heavy atom. The van der Waals surface area contributed by atoms with E-state index in [1.165, 1.54) is 28.4 Å². The monoisotopic (exact) mass is 586 g/mol. The maximum absolute atomic E-state index is 12.7. The highest BCUT2D eigenvalue weighted by Gasteiger charge is 2.74. The molecule has 1 spiro atoms. The number of hydrogen-bond acceptors (Lipinski definition) is 5. The van der Waals surface area contributed by atoms with E-state index in [0.717, 1.165) is 31.4 Å². The lowest BCUT2D eigenvalue weighted by atomic mass is 9.60. The predicted octanol–water partition coefficient (Wildman–Crippen LogP) is 6.46. The van der Waals surface area contributed by atoms with E-state index in [-0.39, 0.29) is 34.5 Å². The Balaban J connectivity index is 1.52. The van der Waals surface area contributed by atoms with Crippen molar-refractivity contribution in [2.24, 2.45) is 11.3 Å². The molecule has 0 amide bonds. The molecule has 2 aromatic carbocycles. The highest BCUT2D eigenvalue weighted by atomic mass is 28.4. The van der Waals surface area contributed by atoms with E-state index in [1.807, 2.05) is 0 Å². The first-order valence-corrected chi connectivity index (χ1v) is 17.5. The fourth-order valence-electron chi connectivity index (χ4n) is 8.82. The predicted molar refractivity (Wildman–Crippen MR) is 168 cm³/mol. The number of hydrogen-bond donors (Lipinski definition) is 0. The molecule has 2 aromatic rings. The molecule has 2 aliphatic heterocycles. The molecular formula is C36H46O5Si. The molecule has 4 aliphatic rings. The third kappa shape index (κ3) is 4.36. The van der Waals surface area contributed by atoms with Gasteiger partial charge in [-0.25, -0.2) is 0 Å². The van der Waals surface area contributed by atoms with Crippen LogP contribution in [0.4, 0.5) is 0 Å². The third-order valence-corrected chi connectivity index (χ3v) is 15.4. The van der Waals surface area contributed by atoms with E-state index in [4.69, 9.17) is 18.6 Å². The molecule has 0 saturated carbocycles. The highest BCUT2D eigenvalue weighted by molar-refractivity contribution is 6.99. The summed E-state index contributed by atoms with van der Waals surface area (Å²) in [5.74, 6) is 0.608. The van der Waals surface area contributed by atoms with Crippen LogP contribution in [0.25, 0.3) is 0 Å². The number of fused-ring (bicyclic) bond motifs is 1. The summed E-state index contributed by atoms with van der Waals surface area (Å²) < 4.78 is 27.5. The minimum absolute atomic E-state index is 0.0612. The quantitative estimate of drug-likeness (QED) is 0.287. The van der Waals surface area contributed by atoms with Crippen molar-refractivity contribution in [2.45, 2.75) is 103 Å². The lowest BCUT2D eigenvalue weighted by molar-refractivity contribution is -0.162. The highest BCUT2D eigenvalue weighted by Crippen LogP contribution is 2.65.